The summed E-state index contributed by atoms with van der Waals surface area (Å²) in [6.07, 6.45) is 0.741. The van der Waals surface area contributed by atoms with Crippen molar-refractivity contribution in [2.45, 2.75) is 19.4 Å². The van der Waals surface area contributed by atoms with Gasteiger partial charge in [0.15, 0.2) is 0 Å². The second-order valence-electron chi connectivity index (χ2n) is 7.83. The molecular weight excluding hydrogens is 432 g/mol. The Morgan fingerprint density at radius 2 is 1.97 bits per heavy atom. The van der Waals surface area contributed by atoms with Crippen molar-refractivity contribution in [1.29, 1.82) is 0 Å². The average molecular weight is 453 g/mol. The Bertz CT molecular complexity index is 1480. The molecule has 1 aliphatic rings. The molecule has 2 aromatic carbocycles. The predicted octanol–water partition coefficient (Wildman–Crippen LogP) is 2.92. The van der Waals surface area contributed by atoms with Gasteiger partial charge in [0, 0.05) is 28.2 Å². The summed E-state index contributed by atoms with van der Waals surface area (Å²) in [7, 11) is 1.61. The van der Waals surface area contributed by atoms with E-state index in [-0.39, 0.29) is 5.56 Å². The molecule has 0 spiro atoms. The van der Waals surface area contributed by atoms with Crippen LogP contribution in [0.5, 0.6) is 11.6 Å². The molecule has 0 radical (unpaired) electrons. The van der Waals surface area contributed by atoms with Crippen molar-refractivity contribution in [3.8, 4) is 17.3 Å². The van der Waals surface area contributed by atoms with Crippen LogP contribution in [0.1, 0.15) is 28.4 Å². The van der Waals surface area contributed by atoms with E-state index < -0.39 is 23.2 Å². The number of aromatic hydroxyl groups is 1. The van der Waals surface area contributed by atoms with Gasteiger partial charge in [0.25, 0.3) is 5.56 Å². The molecular formula is C23H21ClN4O4. The summed E-state index contributed by atoms with van der Waals surface area (Å²) >= 11 is 6.23. The number of aryl methyl sites for hydroxylation is 1. The summed E-state index contributed by atoms with van der Waals surface area (Å²) in [6, 6.07) is 10.1. The third kappa shape index (κ3) is 3.11. The highest BCUT2D eigenvalue weighted by Gasteiger charge is 2.31. The van der Waals surface area contributed by atoms with E-state index in [4.69, 9.17) is 16.3 Å². The summed E-state index contributed by atoms with van der Waals surface area (Å²) in [5, 5.41) is 15.9. The lowest BCUT2D eigenvalue weighted by molar-refractivity contribution is 0.409. The first-order valence-electron chi connectivity index (χ1n) is 10.2. The quantitative estimate of drug-likeness (QED) is 0.382. The van der Waals surface area contributed by atoms with Crippen LogP contribution < -0.4 is 21.3 Å². The fourth-order valence-electron chi connectivity index (χ4n) is 4.34. The number of nitrogens with zero attached hydrogens (tertiary/aromatic N) is 1. The summed E-state index contributed by atoms with van der Waals surface area (Å²) in [5.41, 5.74) is 2.57. The van der Waals surface area contributed by atoms with E-state index in [0.717, 1.165) is 44.5 Å². The standard InChI is InChI=1S/C23H21ClN4O4/c1-11-3-4-12(9-16(11)24)28-22(30)18(21(29)27-23(28)31)20-19-14(7-8-25-20)15-10-13(32-2)5-6-17(15)26-19/h3-6,9-10,20,25-26,30H,7-8H2,1-2H3,(H,27,29,31)/t20-/m1/s1. The smallest absolute Gasteiger partial charge is 0.335 e. The summed E-state index contributed by atoms with van der Waals surface area (Å²) < 4.78 is 6.41. The molecule has 32 heavy (non-hydrogen) atoms. The Morgan fingerprint density at radius 3 is 2.72 bits per heavy atom. The number of fused-ring (bicyclic) bond motifs is 3. The van der Waals surface area contributed by atoms with Gasteiger partial charge in [-0.3, -0.25) is 9.78 Å². The number of aromatic amines is 2. The van der Waals surface area contributed by atoms with Gasteiger partial charge in [-0.2, -0.15) is 0 Å². The van der Waals surface area contributed by atoms with Gasteiger partial charge in [0.1, 0.15) is 11.3 Å². The molecule has 1 atom stereocenters. The molecule has 5 rings (SSSR count). The van der Waals surface area contributed by atoms with Gasteiger partial charge in [-0.05, 0) is 54.8 Å². The Labute approximate surface area is 187 Å². The molecule has 164 valence electrons. The van der Waals surface area contributed by atoms with Crippen molar-refractivity contribution in [1.82, 2.24) is 19.9 Å². The molecule has 3 heterocycles. The maximum Gasteiger partial charge on any atom is 0.335 e. The summed E-state index contributed by atoms with van der Waals surface area (Å²) in [5.74, 6) is 0.306. The monoisotopic (exact) mass is 452 g/mol. The van der Waals surface area contributed by atoms with E-state index >= 15 is 0 Å². The molecule has 0 aliphatic carbocycles. The maximum atomic E-state index is 12.9. The molecule has 0 saturated heterocycles. The maximum absolute atomic E-state index is 12.9. The van der Waals surface area contributed by atoms with Gasteiger partial charge in [0.2, 0.25) is 5.88 Å². The van der Waals surface area contributed by atoms with Crippen LogP contribution in [-0.2, 0) is 6.42 Å². The molecule has 0 unspecified atom stereocenters. The number of rotatable bonds is 3. The number of nitrogens with one attached hydrogen (secondary N) is 3. The molecule has 9 heteroatoms. The number of halogens is 1. The normalized spacial score (nSPS) is 15.7. The summed E-state index contributed by atoms with van der Waals surface area (Å²) in [4.78, 5) is 31.2. The Balaban J connectivity index is 1.72. The highest BCUT2D eigenvalue weighted by atomic mass is 35.5. The van der Waals surface area contributed by atoms with Crippen molar-refractivity contribution < 1.29 is 9.84 Å². The van der Waals surface area contributed by atoms with Crippen molar-refractivity contribution in [3.05, 3.63) is 84.6 Å². The predicted molar refractivity (Wildman–Crippen MR) is 122 cm³/mol. The Kier molecular flexibility index (Phi) is 4.83. The lowest BCUT2D eigenvalue weighted by atomic mass is 9.95. The van der Waals surface area contributed by atoms with Crippen LogP contribution in [0, 0.1) is 6.92 Å². The van der Waals surface area contributed by atoms with Crippen LogP contribution >= 0.6 is 11.6 Å². The van der Waals surface area contributed by atoms with Crippen LogP contribution in [0.15, 0.2) is 46.0 Å². The number of H-pyrrole nitrogens is 2. The first-order chi connectivity index (χ1) is 15.4. The van der Waals surface area contributed by atoms with Crippen LogP contribution in [0.25, 0.3) is 16.6 Å². The number of aromatic nitrogens is 3. The lowest BCUT2D eigenvalue weighted by Crippen LogP contribution is -2.38. The van der Waals surface area contributed by atoms with Crippen molar-refractivity contribution >= 4 is 22.5 Å². The van der Waals surface area contributed by atoms with Gasteiger partial charge >= 0.3 is 5.69 Å². The molecule has 0 amide bonds. The van der Waals surface area contributed by atoms with Gasteiger partial charge in [-0.15, -0.1) is 0 Å². The number of benzene rings is 2. The van der Waals surface area contributed by atoms with Crippen molar-refractivity contribution in [3.63, 3.8) is 0 Å². The Morgan fingerprint density at radius 1 is 1.16 bits per heavy atom. The van der Waals surface area contributed by atoms with Crippen molar-refractivity contribution in [2.75, 3.05) is 13.7 Å². The van der Waals surface area contributed by atoms with Crippen LogP contribution in [-0.4, -0.2) is 33.3 Å². The number of methoxy groups -OCH3 is 1. The van der Waals surface area contributed by atoms with Crippen LogP contribution in [0.4, 0.5) is 0 Å². The number of hydrogen-bond donors (Lipinski definition) is 4. The summed E-state index contributed by atoms with van der Waals surface area (Å²) in [6.45, 7) is 2.43. The third-order valence-electron chi connectivity index (χ3n) is 5.98. The Hall–Kier alpha value is -3.49. The first kappa shape index (κ1) is 20.4. The molecule has 0 bridgehead atoms. The van der Waals surface area contributed by atoms with Gasteiger partial charge in [-0.25, -0.2) is 9.36 Å². The fraction of sp³-hybridized carbons (Fsp3) is 0.217. The van der Waals surface area contributed by atoms with E-state index in [1.807, 2.05) is 25.1 Å². The molecule has 4 N–H and O–H groups in total. The molecule has 0 saturated carbocycles. The van der Waals surface area contributed by atoms with E-state index in [1.165, 1.54) is 0 Å². The SMILES string of the molecule is COc1ccc2[nH]c3c(c2c1)CCN[C@@H]3c1c(O)n(-c2ccc(C)c(Cl)c2)c(=O)[nH]c1=O. The molecule has 2 aromatic heterocycles. The minimum Gasteiger partial charge on any atom is -0.497 e. The van der Waals surface area contributed by atoms with Gasteiger partial charge < -0.3 is 20.1 Å². The largest absolute Gasteiger partial charge is 0.497 e. The molecule has 8 nitrogen and oxygen atoms in total. The van der Waals surface area contributed by atoms with E-state index in [0.29, 0.717) is 17.3 Å². The van der Waals surface area contributed by atoms with Crippen LogP contribution in [0.2, 0.25) is 5.02 Å². The van der Waals surface area contributed by atoms with E-state index in [1.54, 1.807) is 25.3 Å². The molecule has 0 fully saturated rings. The topological polar surface area (TPSA) is 112 Å². The van der Waals surface area contributed by atoms with Gasteiger partial charge in [0.05, 0.1) is 18.8 Å². The highest BCUT2D eigenvalue weighted by Crippen LogP contribution is 2.36. The zero-order valence-electron chi connectivity index (χ0n) is 17.5. The number of hydrogen-bond acceptors (Lipinski definition) is 5. The second-order valence-corrected chi connectivity index (χ2v) is 8.24. The van der Waals surface area contributed by atoms with Crippen molar-refractivity contribution in [2.24, 2.45) is 0 Å². The first-order valence-corrected chi connectivity index (χ1v) is 10.5. The lowest BCUT2D eigenvalue weighted by Gasteiger charge is -2.25. The fourth-order valence-corrected chi connectivity index (χ4v) is 4.51. The highest BCUT2D eigenvalue weighted by molar-refractivity contribution is 6.31. The van der Waals surface area contributed by atoms with Crippen LogP contribution in [0.3, 0.4) is 0 Å². The second kappa shape index (κ2) is 7.58. The minimum atomic E-state index is -0.742. The molecule has 1 aliphatic heterocycles. The van der Waals surface area contributed by atoms with E-state index in [2.05, 4.69) is 15.3 Å². The van der Waals surface area contributed by atoms with Gasteiger partial charge in [-0.1, -0.05) is 17.7 Å². The third-order valence-corrected chi connectivity index (χ3v) is 6.39. The van der Waals surface area contributed by atoms with E-state index in [9.17, 15) is 14.7 Å². The number of ether oxygens (including phenoxy) is 1. The minimum absolute atomic E-state index is 0.0563. The zero-order chi connectivity index (χ0) is 22.6. The average Bonchev–Trinajstić information content (AvgIpc) is 3.14. The zero-order valence-corrected chi connectivity index (χ0v) is 18.2. The molecule has 4 aromatic rings.